The molecule has 21 heavy (non-hydrogen) atoms. The Hall–Kier alpha value is -2.08. The molecule has 0 radical (unpaired) electrons. The Morgan fingerprint density at radius 3 is 2.81 bits per heavy atom. The fraction of sp³-hybridized carbons (Fsp3) is 0.467. The third-order valence-corrected chi connectivity index (χ3v) is 3.56. The number of nitrogens with zero attached hydrogens (tertiary/aromatic N) is 1. The molecule has 114 valence electrons. The smallest absolute Gasteiger partial charge is 0.318 e. The van der Waals surface area contributed by atoms with E-state index in [4.69, 9.17) is 5.11 Å². The molecule has 1 aromatic rings. The predicted octanol–water partition coefficient (Wildman–Crippen LogP) is 0.387. The maximum atomic E-state index is 12.2. The molecule has 1 aromatic carbocycles. The maximum absolute atomic E-state index is 12.2. The highest BCUT2D eigenvalue weighted by Crippen LogP contribution is 2.09. The molecule has 3 amide bonds. The number of urea groups is 1. The van der Waals surface area contributed by atoms with Crippen molar-refractivity contribution in [1.29, 1.82) is 0 Å². The Morgan fingerprint density at radius 1 is 1.43 bits per heavy atom. The number of hydrogen-bond donors (Lipinski definition) is 3. The molecule has 6 nitrogen and oxygen atoms in total. The lowest BCUT2D eigenvalue weighted by molar-refractivity contribution is -0.128. The average molecular weight is 291 g/mol. The molecule has 2 rings (SSSR count). The minimum atomic E-state index is -0.596. The van der Waals surface area contributed by atoms with Crippen LogP contribution in [0.25, 0.3) is 0 Å². The van der Waals surface area contributed by atoms with Gasteiger partial charge in [-0.15, -0.1) is 0 Å². The number of piperazine rings is 1. The first-order chi connectivity index (χ1) is 10.1. The Bertz CT molecular complexity index is 501. The van der Waals surface area contributed by atoms with Crippen LogP contribution in [0.15, 0.2) is 24.3 Å². The van der Waals surface area contributed by atoms with E-state index < -0.39 is 6.04 Å². The van der Waals surface area contributed by atoms with E-state index in [1.54, 1.807) is 0 Å². The molecule has 0 unspecified atom stereocenters. The van der Waals surface area contributed by atoms with Gasteiger partial charge in [-0.1, -0.05) is 29.8 Å². The van der Waals surface area contributed by atoms with E-state index in [0.29, 0.717) is 19.6 Å². The number of aliphatic hydroxyl groups is 1. The summed E-state index contributed by atoms with van der Waals surface area (Å²) < 4.78 is 0. The van der Waals surface area contributed by atoms with Crippen LogP contribution in [0, 0.1) is 6.92 Å². The number of benzene rings is 1. The fourth-order valence-electron chi connectivity index (χ4n) is 2.35. The van der Waals surface area contributed by atoms with Gasteiger partial charge in [0.15, 0.2) is 0 Å². The van der Waals surface area contributed by atoms with Gasteiger partial charge in [-0.2, -0.15) is 0 Å². The second-order valence-corrected chi connectivity index (χ2v) is 5.16. The van der Waals surface area contributed by atoms with Gasteiger partial charge in [0, 0.05) is 26.2 Å². The van der Waals surface area contributed by atoms with E-state index in [1.807, 2.05) is 31.2 Å². The molecule has 1 aliphatic rings. The third-order valence-electron chi connectivity index (χ3n) is 3.56. The van der Waals surface area contributed by atoms with Crippen molar-refractivity contribution in [2.75, 3.05) is 19.7 Å². The molecule has 1 fully saturated rings. The zero-order chi connectivity index (χ0) is 15.2. The third kappa shape index (κ3) is 3.95. The molecule has 1 heterocycles. The number of carbonyl (C=O) groups excluding carboxylic acids is 2. The van der Waals surface area contributed by atoms with E-state index in [-0.39, 0.29) is 25.0 Å². The first-order valence-corrected chi connectivity index (χ1v) is 7.10. The molecule has 0 spiro atoms. The number of aryl methyl sites for hydroxylation is 1. The van der Waals surface area contributed by atoms with Crippen LogP contribution in [0.5, 0.6) is 0 Å². The zero-order valence-corrected chi connectivity index (χ0v) is 12.1. The Labute approximate surface area is 124 Å². The number of carbonyl (C=O) groups is 2. The highest BCUT2D eigenvalue weighted by Gasteiger charge is 2.32. The summed E-state index contributed by atoms with van der Waals surface area (Å²) in [6, 6.07) is 7.04. The van der Waals surface area contributed by atoms with Crippen LogP contribution in [0.4, 0.5) is 4.79 Å². The quantitative estimate of drug-likeness (QED) is 0.750. The van der Waals surface area contributed by atoms with Gasteiger partial charge < -0.3 is 20.6 Å². The molecule has 1 atom stereocenters. The molecule has 0 aliphatic carbocycles. The van der Waals surface area contributed by atoms with Crippen LogP contribution in [-0.2, 0) is 11.3 Å². The summed E-state index contributed by atoms with van der Waals surface area (Å²) in [6.07, 6.45) is 0.254. The number of nitrogens with one attached hydrogen (secondary N) is 2. The minimum absolute atomic E-state index is 0.125. The lowest BCUT2D eigenvalue weighted by atomic mass is 10.1. The van der Waals surface area contributed by atoms with Crippen molar-refractivity contribution in [2.45, 2.75) is 25.9 Å². The summed E-state index contributed by atoms with van der Waals surface area (Å²) >= 11 is 0. The first-order valence-electron chi connectivity index (χ1n) is 7.10. The molecular weight excluding hydrogens is 270 g/mol. The lowest BCUT2D eigenvalue weighted by Gasteiger charge is -2.34. The standard InChI is InChI=1S/C15H21N3O3/c1-11-2-4-12(5-3-11)10-17-15(21)18-8-7-16-14(20)13(18)6-9-19/h2-5,13,19H,6-10H2,1H3,(H,16,20)(H,17,21)/t13-/m1/s1. The number of rotatable bonds is 4. The highest BCUT2D eigenvalue weighted by molar-refractivity contribution is 5.88. The Morgan fingerprint density at radius 2 is 2.14 bits per heavy atom. The molecule has 1 aliphatic heterocycles. The summed E-state index contributed by atoms with van der Waals surface area (Å²) in [6.45, 7) is 3.20. The van der Waals surface area contributed by atoms with E-state index >= 15 is 0 Å². The highest BCUT2D eigenvalue weighted by atomic mass is 16.3. The normalized spacial score (nSPS) is 18.3. The van der Waals surface area contributed by atoms with Crippen molar-refractivity contribution in [3.8, 4) is 0 Å². The van der Waals surface area contributed by atoms with E-state index in [2.05, 4.69) is 10.6 Å². The monoisotopic (exact) mass is 291 g/mol. The van der Waals surface area contributed by atoms with Crippen molar-refractivity contribution in [3.63, 3.8) is 0 Å². The second-order valence-electron chi connectivity index (χ2n) is 5.16. The lowest BCUT2D eigenvalue weighted by Crippen LogP contribution is -2.59. The summed E-state index contributed by atoms with van der Waals surface area (Å²) in [7, 11) is 0. The van der Waals surface area contributed by atoms with Gasteiger partial charge in [0.1, 0.15) is 6.04 Å². The van der Waals surface area contributed by atoms with Gasteiger partial charge in [-0.05, 0) is 18.9 Å². The van der Waals surface area contributed by atoms with Crippen LogP contribution in [0.3, 0.4) is 0 Å². The van der Waals surface area contributed by atoms with Crippen LogP contribution in [-0.4, -0.2) is 47.7 Å². The van der Waals surface area contributed by atoms with Crippen LogP contribution < -0.4 is 10.6 Å². The minimum Gasteiger partial charge on any atom is -0.396 e. The van der Waals surface area contributed by atoms with Crippen molar-refractivity contribution in [2.24, 2.45) is 0 Å². The molecule has 3 N–H and O–H groups in total. The average Bonchev–Trinajstić information content (AvgIpc) is 2.48. The van der Waals surface area contributed by atoms with Crippen LogP contribution in [0.1, 0.15) is 17.5 Å². The van der Waals surface area contributed by atoms with Crippen molar-refractivity contribution in [1.82, 2.24) is 15.5 Å². The van der Waals surface area contributed by atoms with Crippen molar-refractivity contribution < 1.29 is 14.7 Å². The van der Waals surface area contributed by atoms with E-state index in [1.165, 1.54) is 10.5 Å². The van der Waals surface area contributed by atoms with Crippen LogP contribution in [0.2, 0.25) is 0 Å². The Balaban J connectivity index is 1.94. The SMILES string of the molecule is Cc1ccc(CNC(=O)N2CCNC(=O)[C@H]2CCO)cc1. The predicted molar refractivity (Wildman–Crippen MR) is 78.6 cm³/mol. The molecule has 0 aromatic heterocycles. The summed E-state index contributed by atoms with van der Waals surface area (Å²) in [5, 5.41) is 14.6. The first kappa shape index (κ1) is 15.3. The van der Waals surface area contributed by atoms with Gasteiger partial charge in [0.2, 0.25) is 5.91 Å². The number of amides is 3. The largest absolute Gasteiger partial charge is 0.396 e. The maximum Gasteiger partial charge on any atom is 0.318 e. The van der Waals surface area contributed by atoms with Gasteiger partial charge in [-0.25, -0.2) is 4.79 Å². The van der Waals surface area contributed by atoms with Gasteiger partial charge in [0.25, 0.3) is 0 Å². The zero-order valence-electron chi connectivity index (χ0n) is 12.1. The number of aliphatic hydroxyl groups excluding tert-OH is 1. The number of hydrogen-bond acceptors (Lipinski definition) is 3. The van der Waals surface area contributed by atoms with Gasteiger partial charge in [0.05, 0.1) is 0 Å². The van der Waals surface area contributed by atoms with E-state index in [9.17, 15) is 9.59 Å². The topological polar surface area (TPSA) is 81.7 Å². The summed E-state index contributed by atoms with van der Waals surface area (Å²) in [4.78, 5) is 25.5. The fourth-order valence-corrected chi connectivity index (χ4v) is 2.35. The van der Waals surface area contributed by atoms with Crippen LogP contribution >= 0.6 is 0 Å². The summed E-state index contributed by atoms with van der Waals surface area (Å²) in [5.74, 6) is -0.208. The Kier molecular flexibility index (Phi) is 5.16. The second kappa shape index (κ2) is 7.08. The molecule has 6 heteroatoms. The van der Waals surface area contributed by atoms with Crippen molar-refractivity contribution >= 4 is 11.9 Å². The van der Waals surface area contributed by atoms with Gasteiger partial charge in [-0.3, -0.25) is 4.79 Å². The van der Waals surface area contributed by atoms with Crippen molar-refractivity contribution in [3.05, 3.63) is 35.4 Å². The molecule has 1 saturated heterocycles. The molecule has 0 bridgehead atoms. The molecule has 0 saturated carbocycles. The molecular formula is C15H21N3O3. The summed E-state index contributed by atoms with van der Waals surface area (Å²) in [5.41, 5.74) is 2.18. The van der Waals surface area contributed by atoms with E-state index in [0.717, 1.165) is 5.56 Å². The van der Waals surface area contributed by atoms with Gasteiger partial charge >= 0.3 is 6.03 Å².